The van der Waals surface area contributed by atoms with E-state index < -0.39 is 11.6 Å². The molecule has 2 rings (SSSR count). The van der Waals surface area contributed by atoms with Crippen LogP contribution in [0.25, 0.3) is 0 Å². The van der Waals surface area contributed by atoms with Crippen LogP contribution in [-0.4, -0.2) is 50.8 Å². The summed E-state index contributed by atoms with van der Waals surface area (Å²) in [7, 11) is 3.80. The molecule has 1 aliphatic heterocycles. The minimum Gasteiger partial charge on any atom is -0.374 e. The lowest BCUT2D eigenvalue weighted by Gasteiger charge is -2.35. The van der Waals surface area contributed by atoms with E-state index in [4.69, 9.17) is 4.74 Å². The highest BCUT2D eigenvalue weighted by atomic mass is 79.9. The van der Waals surface area contributed by atoms with Crippen LogP contribution in [0, 0.1) is 11.6 Å². The molecule has 112 valence electrons. The lowest BCUT2D eigenvalue weighted by atomic mass is 9.99. The Kier molecular flexibility index (Phi) is 5.49. The summed E-state index contributed by atoms with van der Waals surface area (Å²) in [5, 5.41) is 3.11. The average Bonchev–Trinajstić information content (AvgIpc) is 2.43. The zero-order chi connectivity index (χ0) is 14.7. The van der Waals surface area contributed by atoms with Crippen molar-refractivity contribution >= 4 is 15.9 Å². The quantitative estimate of drug-likeness (QED) is 0.844. The molecule has 3 nitrogen and oxygen atoms in total. The molecule has 1 heterocycles. The molecule has 0 aromatic heterocycles. The second kappa shape index (κ2) is 6.93. The van der Waals surface area contributed by atoms with Gasteiger partial charge >= 0.3 is 0 Å². The highest BCUT2D eigenvalue weighted by Gasteiger charge is 2.28. The molecule has 0 amide bonds. The summed E-state index contributed by atoms with van der Waals surface area (Å²) >= 11 is 3.10. The second-order valence-electron chi connectivity index (χ2n) is 5.09. The van der Waals surface area contributed by atoms with Crippen molar-refractivity contribution in [2.75, 3.05) is 33.8 Å². The summed E-state index contributed by atoms with van der Waals surface area (Å²) < 4.78 is 33.9. The average molecular weight is 349 g/mol. The van der Waals surface area contributed by atoms with Crippen LogP contribution in [0.15, 0.2) is 16.6 Å². The number of hydrogen-bond acceptors (Lipinski definition) is 3. The van der Waals surface area contributed by atoms with Gasteiger partial charge in [0.15, 0.2) is 0 Å². The second-order valence-corrected chi connectivity index (χ2v) is 5.95. The molecule has 1 aromatic rings. The molecule has 1 N–H and O–H groups in total. The lowest BCUT2D eigenvalue weighted by molar-refractivity contribution is -0.0374. The Balaban J connectivity index is 2.16. The van der Waals surface area contributed by atoms with Gasteiger partial charge in [0.2, 0.25) is 0 Å². The molecule has 2 unspecified atom stereocenters. The van der Waals surface area contributed by atoms with Crippen molar-refractivity contribution in [1.82, 2.24) is 10.2 Å². The molecule has 1 aliphatic rings. The van der Waals surface area contributed by atoms with Crippen LogP contribution < -0.4 is 5.32 Å². The predicted octanol–water partition coefficient (Wildman–Crippen LogP) is 2.19. The van der Waals surface area contributed by atoms with Crippen LogP contribution in [0.4, 0.5) is 8.78 Å². The monoisotopic (exact) mass is 348 g/mol. The van der Waals surface area contributed by atoms with Crippen molar-refractivity contribution in [3.63, 3.8) is 0 Å². The number of ether oxygens (including phenoxy) is 1. The third-order valence-corrected chi connectivity index (χ3v) is 4.29. The van der Waals surface area contributed by atoms with Crippen LogP contribution >= 0.6 is 15.9 Å². The minimum atomic E-state index is -0.533. The molecule has 1 fully saturated rings. The van der Waals surface area contributed by atoms with E-state index in [9.17, 15) is 8.78 Å². The first kappa shape index (κ1) is 15.8. The standard InChI is InChI=1S/C14H19BrF2N2O/c1-18-12(13-8-19(2)5-6-20-13)7-9-11(16)4-3-10(15)14(9)17/h3-4,12-13,18H,5-8H2,1-2H3. The summed E-state index contributed by atoms with van der Waals surface area (Å²) in [6.07, 6.45) is 0.183. The van der Waals surface area contributed by atoms with Gasteiger partial charge in [0.05, 0.1) is 17.2 Å². The molecule has 1 aromatic carbocycles. The van der Waals surface area contributed by atoms with E-state index in [1.165, 1.54) is 12.1 Å². The van der Waals surface area contributed by atoms with E-state index in [-0.39, 0.29) is 28.6 Å². The molecule has 0 saturated carbocycles. The number of morpholine rings is 1. The van der Waals surface area contributed by atoms with Crippen molar-refractivity contribution in [2.45, 2.75) is 18.6 Å². The van der Waals surface area contributed by atoms with E-state index in [2.05, 4.69) is 26.1 Å². The molecule has 0 radical (unpaired) electrons. The van der Waals surface area contributed by atoms with Gasteiger partial charge < -0.3 is 15.0 Å². The minimum absolute atomic E-state index is 0.0727. The number of rotatable bonds is 4. The number of halogens is 3. The largest absolute Gasteiger partial charge is 0.374 e. The molecule has 20 heavy (non-hydrogen) atoms. The SMILES string of the molecule is CNC(Cc1c(F)ccc(Br)c1F)C1CN(C)CCO1. The highest BCUT2D eigenvalue weighted by molar-refractivity contribution is 9.10. The van der Waals surface area contributed by atoms with Gasteiger partial charge in [-0.15, -0.1) is 0 Å². The van der Waals surface area contributed by atoms with Crippen LogP contribution in [0.3, 0.4) is 0 Å². The fourth-order valence-corrected chi connectivity index (χ4v) is 2.82. The summed E-state index contributed by atoms with van der Waals surface area (Å²) in [5.74, 6) is -1.05. The number of nitrogens with one attached hydrogen (secondary N) is 1. The van der Waals surface area contributed by atoms with E-state index in [1.54, 1.807) is 7.05 Å². The van der Waals surface area contributed by atoms with Crippen LogP contribution in [0.5, 0.6) is 0 Å². The van der Waals surface area contributed by atoms with Gasteiger partial charge in [-0.1, -0.05) is 0 Å². The van der Waals surface area contributed by atoms with Gasteiger partial charge in [-0.3, -0.25) is 0 Å². The molecular weight excluding hydrogens is 330 g/mol. The van der Waals surface area contributed by atoms with Crippen LogP contribution in [0.1, 0.15) is 5.56 Å². The maximum absolute atomic E-state index is 14.0. The fraction of sp³-hybridized carbons (Fsp3) is 0.571. The van der Waals surface area contributed by atoms with Gasteiger partial charge in [-0.2, -0.15) is 0 Å². The van der Waals surface area contributed by atoms with Gasteiger partial charge in [0.25, 0.3) is 0 Å². The van der Waals surface area contributed by atoms with E-state index in [0.717, 1.165) is 13.1 Å². The Morgan fingerprint density at radius 3 is 2.90 bits per heavy atom. The highest BCUT2D eigenvalue weighted by Crippen LogP contribution is 2.24. The zero-order valence-corrected chi connectivity index (χ0v) is 13.2. The molecule has 2 atom stereocenters. The molecule has 6 heteroatoms. The lowest BCUT2D eigenvalue weighted by Crippen LogP contribution is -2.51. The molecule has 0 bridgehead atoms. The third-order valence-electron chi connectivity index (χ3n) is 3.68. The first-order chi connectivity index (χ1) is 9.52. The Labute approximate surface area is 126 Å². The van der Waals surface area contributed by atoms with Gasteiger partial charge in [-0.05, 0) is 48.6 Å². The number of likely N-dealkylation sites (N-methyl/N-ethyl adjacent to an activating group) is 2. The van der Waals surface area contributed by atoms with Crippen molar-refractivity contribution in [1.29, 1.82) is 0 Å². The summed E-state index contributed by atoms with van der Waals surface area (Å²) in [6, 6.07) is 2.53. The summed E-state index contributed by atoms with van der Waals surface area (Å²) in [6.45, 7) is 2.28. The number of nitrogens with zero attached hydrogens (tertiary/aromatic N) is 1. The summed E-state index contributed by atoms with van der Waals surface area (Å²) in [5.41, 5.74) is 0.0931. The first-order valence-corrected chi connectivity index (χ1v) is 7.42. The first-order valence-electron chi connectivity index (χ1n) is 6.62. The molecule has 0 aliphatic carbocycles. The predicted molar refractivity (Wildman–Crippen MR) is 77.8 cm³/mol. The van der Waals surface area contributed by atoms with Crippen LogP contribution in [0.2, 0.25) is 0 Å². The van der Waals surface area contributed by atoms with Crippen molar-refractivity contribution in [3.05, 3.63) is 33.8 Å². The van der Waals surface area contributed by atoms with E-state index >= 15 is 0 Å². The summed E-state index contributed by atoms with van der Waals surface area (Å²) in [4.78, 5) is 2.16. The van der Waals surface area contributed by atoms with E-state index in [0.29, 0.717) is 6.61 Å². The van der Waals surface area contributed by atoms with Crippen LogP contribution in [-0.2, 0) is 11.2 Å². The smallest absolute Gasteiger partial charge is 0.143 e. The zero-order valence-electron chi connectivity index (χ0n) is 11.6. The van der Waals surface area contributed by atoms with Gasteiger partial charge in [0, 0.05) is 24.7 Å². The van der Waals surface area contributed by atoms with Crippen molar-refractivity contribution in [3.8, 4) is 0 Å². The third kappa shape index (κ3) is 3.55. The molecule has 0 spiro atoms. The number of hydrogen-bond donors (Lipinski definition) is 1. The normalized spacial score (nSPS) is 21.9. The van der Waals surface area contributed by atoms with Crippen molar-refractivity contribution in [2.24, 2.45) is 0 Å². The van der Waals surface area contributed by atoms with E-state index in [1.807, 2.05) is 7.05 Å². The van der Waals surface area contributed by atoms with Gasteiger partial charge in [0.1, 0.15) is 11.6 Å². The maximum atomic E-state index is 14.0. The maximum Gasteiger partial charge on any atom is 0.143 e. The Morgan fingerprint density at radius 2 is 2.25 bits per heavy atom. The number of benzene rings is 1. The molecular formula is C14H19BrF2N2O. The molecule has 1 saturated heterocycles. The Hall–Kier alpha value is -0.560. The fourth-order valence-electron chi connectivity index (χ4n) is 2.45. The topological polar surface area (TPSA) is 24.5 Å². The Morgan fingerprint density at radius 1 is 1.50 bits per heavy atom. The van der Waals surface area contributed by atoms with Gasteiger partial charge in [-0.25, -0.2) is 8.78 Å². The van der Waals surface area contributed by atoms with Crippen molar-refractivity contribution < 1.29 is 13.5 Å². The Bertz CT molecular complexity index is 473.